The van der Waals surface area contributed by atoms with Gasteiger partial charge < -0.3 is 0 Å². The third-order valence-corrected chi connectivity index (χ3v) is 1.76. The van der Waals surface area contributed by atoms with Crippen LogP contribution in [0.4, 0.5) is 0 Å². The summed E-state index contributed by atoms with van der Waals surface area (Å²) in [6, 6.07) is 0. The lowest BCUT2D eigenvalue weighted by atomic mass is 10.0. The van der Waals surface area contributed by atoms with Crippen LogP contribution in [0.15, 0.2) is 12.2 Å². The molecule has 0 amide bonds. The zero-order valence-electron chi connectivity index (χ0n) is 7.58. The summed E-state index contributed by atoms with van der Waals surface area (Å²) in [7, 11) is 0. The van der Waals surface area contributed by atoms with E-state index in [-0.39, 0.29) is 6.10 Å². The monoisotopic (exact) mass is 158 g/mol. The number of hydrogen-bond acceptors (Lipinski definition) is 2. The van der Waals surface area contributed by atoms with Gasteiger partial charge in [-0.1, -0.05) is 26.0 Å². The van der Waals surface area contributed by atoms with E-state index in [0.29, 0.717) is 5.92 Å². The Kier molecular flexibility index (Phi) is 6.18. The standard InChI is InChI=1S/C9H18O2/c1-4-6-8(3)7-9(5-2)11-10/h4,6,8-10H,5,7H2,1-3H3. The number of hydrogen-bond donors (Lipinski definition) is 1. The molecule has 0 radical (unpaired) electrons. The van der Waals surface area contributed by atoms with Gasteiger partial charge in [0.1, 0.15) is 0 Å². The van der Waals surface area contributed by atoms with Gasteiger partial charge in [0.25, 0.3) is 0 Å². The van der Waals surface area contributed by atoms with Crippen LogP contribution in [0.1, 0.15) is 33.6 Å². The van der Waals surface area contributed by atoms with Gasteiger partial charge in [-0.2, -0.15) is 0 Å². The average Bonchev–Trinajstić information content (AvgIpc) is 2.01. The van der Waals surface area contributed by atoms with Crippen molar-refractivity contribution in [2.45, 2.75) is 39.7 Å². The molecule has 1 N–H and O–H groups in total. The normalized spacial score (nSPS) is 17.1. The molecule has 11 heavy (non-hydrogen) atoms. The molecule has 0 aliphatic carbocycles. The molecule has 0 aliphatic rings. The minimum atomic E-state index is -0.0128. The summed E-state index contributed by atoms with van der Waals surface area (Å²) in [5.41, 5.74) is 0. The summed E-state index contributed by atoms with van der Waals surface area (Å²) < 4.78 is 0. The molecule has 0 aromatic rings. The second-order valence-electron chi connectivity index (χ2n) is 2.87. The maximum atomic E-state index is 8.42. The molecule has 0 spiro atoms. The lowest BCUT2D eigenvalue weighted by Gasteiger charge is -2.13. The summed E-state index contributed by atoms with van der Waals surface area (Å²) in [6.07, 6.45) is 5.87. The van der Waals surface area contributed by atoms with Gasteiger partial charge in [-0.25, -0.2) is 4.89 Å². The fourth-order valence-electron chi connectivity index (χ4n) is 1.11. The Morgan fingerprint density at radius 2 is 2.18 bits per heavy atom. The molecule has 2 heteroatoms. The van der Waals surface area contributed by atoms with Gasteiger partial charge in [-0.3, -0.25) is 5.26 Å². The Balaban J connectivity index is 3.61. The molecule has 66 valence electrons. The molecule has 0 aromatic carbocycles. The van der Waals surface area contributed by atoms with Crippen LogP contribution in [0.3, 0.4) is 0 Å². The van der Waals surface area contributed by atoms with Crippen LogP contribution in [0.2, 0.25) is 0 Å². The average molecular weight is 158 g/mol. The van der Waals surface area contributed by atoms with Crippen molar-refractivity contribution < 1.29 is 10.1 Å². The lowest BCUT2D eigenvalue weighted by Crippen LogP contribution is -2.12. The zero-order chi connectivity index (χ0) is 8.69. The van der Waals surface area contributed by atoms with Crippen molar-refractivity contribution in [2.75, 3.05) is 0 Å². The SMILES string of the molecule is CC=CC(C)CC(CC)OO. The molecule has 0 saturated carbocycles. The Hall–Kier alpha value is -0.340. The van der Waals surface area contributed by atoms with Gasteiger partial charge in [0, 0.05) is 0 Å². The summed E-state index contributed by atoms with van der Waals surface area (Å²) in [4.78, 5) is 4.28. The van der Waals surface area contributed by atoms with Crippen molar-refractivity contribution in [3.8, 4) is 0 Å². The molecule has 2 unspecified atom stereocenters. The highest BCUT2D eigenvalue weighted by Crippen LogP contribution is 2.11. The quantitative estimate of drug-likeness (QED) is 0.379. The molecule has 0 heterocycles. The molecule has 0 fully saturated rings. The lowest BCUT2D eigenvalue weighted by molar-refractivity contribution is -0.281. The van der Waals surface area contributed by atoms with Crippen LogP contribution >= 0.6 is 0 Å². The van der Waals surface area contributed by atoms with Crippen LogP contribution in [0.5, 0.6) is 0 Å². The van der Waals surface area contributed by atoms with E-state index in [9.17, 15) is 0 Å². The van der Waals surface area contributed by atoms with E-state index in [4.69, 9.17) is 5.26 Å². The van der Waals surface area contributed by atoms with Crippen molar-refractivity contribution in [3.63, 3.8) is 0 Å². The molecular weight excluding hydrogens is 140 g/mol. The Morgan fingerprint density at radius 3 is 2.55 bits per heavy atom. The fraction of sp³-hybridized carbons (Fsp3) is 0.778. The molecule has 0 rings (SSSR count). The highest BCUT2D eigenvalue weighted by Gasteiger charge is 2.08. The topological polar surface area (TPSA) is 29.5 Å². The minimum Gasteiger partial charge on any atom is -0.252 e. The first-order valence-corrected chi connectivity index (χ1v) is 4.17. The van der Waals surface area contributed by atoms with Gasteiger partial charge in [0.15, 0.2) is 0 Å². The Bertz CT molecular complexity index is 106. The maximum absolute atomic E-state index is 8.42. The van der Waals surface area contributed by atoms with Crippen molar-refractivity contribution in [3.05, 3.63) is 12.2 Å². The minimum absolute atomic E-state index is 0.0128. The van der Waals surface area contributed by atoms with Crippen LogP contribution < -0.4 is 0 Å². The highest BCUT2D eigenvalue weighted by molar-refractivity contribution is 4.84. The van der Waals surface area contributed by atoms with Gasteiger partial charge in [-0.05, 0) is 25.7 Å². The Labute approximate surface area is 68.8 Å². The second kappa shape index (κ2) is 6.38. The maximum Gasteiger partial charge on any atom is 0.0930 e. The van der Waals surface area contributed by atoms with Crippen LogP contribution in [0.25, 0.3) is 0 Å². The van der Waals surface area contributed by atoms with Gasteiger partial charge in [0.05, 0.1) is 6.10 Å². The molecule has 2 atom stereocenters. The van der Waals surface area contributed by atoms with E-state index >= 15 is 0 Å². The largest absolute Gasteiger partial charge is 0.252 e. The van der Waals surface area contributed by atoms with E-state index in [2.05, 4.69) is 17.9 Å². The highest BCUT2D eigenvalue weighted by atomic mass is 17.1. The van der Waals surface area contributed by atoms with Crippen molar-refractivity contribution >= 4 is 0 Å². The first-order valence-electron chi connectivity index (χ1n) is 4.17. The van der Waals surface area contributed by atoms with Crippen LogP contribution in [-0.4, -0.2) is 11.4 Å². The molecular formula is C9H18O2. The van der Waals surface area contributed by atoms with E-state index in [1.807, 2.05) is 19.9 Å². The van der Waals surface area contributed by atoms with E-state index < -0.39 is 0 Å². The smallest absolute Gasteiger partial charge is 0.0930 e. The molecule has 0 saturated heterocycles. The second-order valence-corrected chi connectivity index (χ2v) is 2.87. The Morgan fingerprint density at radius 1 is 1.55 bits per heavy atom. The first kappa shape index (κ1) is 10.7. The van der Waals surface area contributed by atoms with Gasteiger partial charge in [-0.15, -0.1) is 0 Å². The molecule has 2 nitrogen and oxygen atoms in total. The third-order valence-electron chi connectivity index (χ3n) is 1.76. The summed E-state index contributed by atoms with van der Waals surface area (Å²) >= 11 is 0. The van der Waals surface area contributed by atoms with Crippen LogP contribution in [-0.2, 0) is 4.89 Å². The van der Waals surface area contributed by atoms with E-state index in [0.717, 1.165) is 12.8 Å². The predicted molar refractivity (Wildman–Crippen MR) is 46.4 cm³/mol. The first-order chi connectivity index (χ1) is 5.24. The third kappa shape index (κ3) is 4.99. The van der Waals surface area contributed by atoms with Crippen LogP contribution in [0, 0.1) is 5.92 Å². The predicted octanol–water partition coefficient (Wildman–Crippen LogP) is 2.86. The fourth-order valence-corrected chi connectivity index (χ4v) is 1.11. The van der Waals surface area contributed by atoms with Gasteiger partial charge >= 0.3 is 0 Å². The summed E-state index contributed by atoms with van der Waals surface area (Å²) in [5, 5.41) is 8.42. The molecule has 0 aliphatic heterocycles. The van der Waals surface area contributed by atoms with Gasteiger partial charge in [0.2, 0.25) is 0 Å². The molecule has 0 aromatic heterocycles. The summed E-state index contributed by atoms with van der Waals surface area (Å²) in [5.74, 6) is 0.483. The van der Waals surface area contributed by atoms with Crippen molar-refractivity contribution in [1.82, 2.24) is 0 Å². The summed E-state index contributed by atoms with van der Waals surface area (Å²) in [6.45, 7) is 6.11. The zero-order valence-corrected chi connectivity index (χ0v) is 7.58. The molecule has 0 bridgehead atoms. The van der Waals surface area contributed by atoms with Crippen molar-refractivity contribution in [2.24, 2.45) is 5.92 Å². The van der Waals surface area contributed by atoms with E-state index in [1.54, 1.807) is 0 Å². The van der Waals surface area contributed by atoms with E-state index in [1.165, 1.54) is 0 Å². The number of allylic oxidation sites excluding steroid dienone is 2. The van der Waals surface area contributed by atoms with Crippen molar-refractivity contribution in [1.29, 1.82) is 0 Å². The number of rotatable bonds is 5.